The van der Waals surface area contributed by atoms with Gasteiger partial charge in [-0.25, -0.2) is 0 Å². The minimum Gasteiger partial charge on any atom is -0.493 e. The van der Waals surface area contributed by atoms with Gasteiger partial charge in [0.25, 0.3) is 0 Å². The molecule has 1 N–H and O–H groups in total. The van der Waals surface area contributed by atoms with Crippen molar-refractivity contribution in [2.75, 3.05) is 31.7 Å². The molecule has 0 spiro atoms. The second kappa shape index (κ2) is 5.41. The first-order chi connectivity index (χ1) is 9.25. The summed E-state index contributed by atoms with van der Waals surface area (Å²) in [4.78, 5) is 0. The zero-order valence-corrected chi connectivity index (χ0v) is 11.7. The molecule has 0 bridgehead atoms. The highest BCUT2D eigenvalue weighted by molar-refractivity contribution is 5.56. The molecule has 3 heteroatoms. The summed E-state index contributed by atoms with van der Waals surface area (Å²) in [6.45, 7) is 5.89. The van der Waals surface area contributed by atoms with Crippen LogP contribution < -0.4 is 10.1 Å². The molecular weight excluding hydrogens is 238 g/mol. The number of hydrogen-bond donors (Lipinski definition) is 1. The number of benzene rings is 1. The maximum absolute atomic E-state index is 6.02. The van der Waals surface area contributed by atoms with Crippen LogP contribution in [0.1, 0.15) is 31.7 Å². The summed E-state index contributed by atoms with van der Waals surface area (Å²) < 4.78 is 11.4. The first-order valence-corrected chi connectivity index (χ1v) is 7.33. The maximum Gasteiger partial charge on any atom is 0.121 e. The van der Waals surface area contributed by atoms with Crippen molar-refractivity contribution in [1.82, 2.24) is 0 Å². The van der Waals surface area contributed by atoms with Gasteiger partial charge in [-0.1, -0.05) is 13.0 Å². The van der Waals surface area contributed by atoms with Gasteiger partial charge >= 0.3 is 0 Å². The van der Waals surface area contributed by atoms with E-state index >= 15 is 0 Å². The van der Waals surface area contributed by atoms with Gasteiger partial charge in [0.05, 0.1) is 6.61 Å². The van der Waals surface area contributed by atoms with Gasteiger partial charge in [0, 0.05) is 36.9 Å². The molecule has 0 aromatic heterocycles. The topological polar surface area (TPSA) is 30.5 Å². The predicted octanol–water partition coefficient (Wildman–Crippen LogP) is 3.24. The molecule has 0 amide bonds. The van der Waals surface area contributed by atoms with E-state index in [4.69, 9.17) is 9.47 Å². The summed E-state index contributed by atoms with van der Waals surface area (Å²) in [5, 5.41) is 3.45. The monoisotopic (exact) mass is 261 g/mol. The Labute approximate surface area is 115 Å². The summed E-state index contributed by atoms with van der Waals surface area (Å²) in [5.41, 5.74) is 2.93. The first kappa shape index (κ1) is 12.8. The summed E-state index contributed by atoms with van der Waals surface area (Å²) >= 11 is 0. The third kappa shape index (κ3) is 3.03. The minimum atomic E-state index is 0.265. The van der Waals surface area contributed by atoms with Crippen molar-refractivity contribution < 1.29 is 9.47 Å². The lowest BCUT2D eigenvalue weighted by Gasteiger charge is -2.33. The molecule has 0 unspecified atom stereocenters. The molecule has 1 aromatic rings. The summed E-state index contributed by atoms with van der Waals surface area (Å²) in [7, 11) is 0. The van der Waals surface area contributed by atoms with Crippen molar-refractivity contribution in [2.24, 2.45) is 5.41 Å². The normalized spacial score (nSPS) is 21.3. The van der Waals surface area contributed by atoms with Gasteiger partial charge in [-0.3, -0.25) is 0 Å². The number of ether oxygens (including phenoxy) is 2. The van der Waals surface area contributed by atoms with E-state index < -0.39 is 0 Å². The first-order valence-electron chi connectivity index (χ1n) is 7.33. The van der Waals surface area contributed by atoms with Crippen LogP contribution in [0.2, 0.25) is 0 Å². The van der Waals surface area contributed by atoms with Crippen molar-refractivity contribution >= 4 is 5.69 Å². The highest BCUT2D eigenvalue weighted by Crippen LogP contribution is 2.32. The summed E-state index contributed by atoms with van der Waals surface area (Å²) in [6, 6.07) is 6.45. The predicted molar refractivity (Wildman–Crippen MR) is 76.9 cm³/mol. The molecule has 1 saturated heterocycles. The van der Waals surface area contributed by atoms with Crippen molar-refractivity contribution in [3.63, 3.8) is 0 Å². The van der Waals surface area contributed by atoms with Crippen LogP contribution >= 0.6 is 0 Å². The van der Waals surface area contributed by atoms with E-state index in [1.807, 2.05) is 0 Å². The number of nitrogens with one attached hydrogen (secondary N) is 1. The van der Waals surface area contributed by atoms with Gasteiger partial charge < -0.3 is 14.8 Å². The Morgan fingerprint density at radius 2 is 2.16 bits per heavy atom. The Hall–Kier alpha value is -1.22. The number of aryl methyl sites for hydroxylation is 1. The minimum absolute atomic E-state index is 0.265. The number of anilines is 1. The number of fused-ring (bicyclic) bond motifs is 1. The van der Waals surface area contributed by atoms with Gasteiger partial charge in [-0.15, -0.1) is 0 Å². The van der Waals surface area contributed by atoms with E-state index in [0.29, 0.717) is 0 Å². The zero-order valence-electron chi connectivity index (χ0n) is 11.7. The van der Waals surface area contributed by atoms with Gasteiger partial charge in [-0.2, -0.15) is 0 Å². The fraction of sp³-hybridized carbons (Fsp3) is 0.625. The van der Waals surface area contributed by atoms with Crippen molar-refractivity contribution in [1.29, 1.82) is 0 Å². The Morgan fingerprint density at radius 3 is 3.00 bits per heavy atom. The average Bonchev–Trinajstić information content (AvgIpc) is 2.46. The molecule has 19 heavy (non-hydrogen) atoms. The van der Waals surface area contributed by atoms with E-state index in [0.717, 1.165) is 45.0 Å². The molecule has 0 aliphatic carbocycles. The molecule has 2 aliphatic rings. The molecule has 2 aliphatic heterocycles. The highest BCUT2D eigenvalue weighted by atomic mass is 16.5. The van der Waals surface area contributed by atoms with Crippen LogP contribution in [0.25, 0.3) is 0 Å². The Morgan fingerprint density at radius 1 is 1.32 bits per heavy atom. The second-order valence-corrected chi connectivity index (χ2v) is 6.06. The lowest BCUT2D eigenvalue weighted by Crippen LogP contribution is -2.32. The molecule has 0 radical (unpaired) electrons. The SMILES string of the molecule is CC1(COc2ccc3c(c2)NCCC3)CCOCC1. The van der Waals surface area contributed by atoms with E-state index in [2.05, 4.69) is 30.4 Å². The average molecular weight is 261 g/mol. The van der Waals surface area contributed by atoms with Crippen LogP contribution in [0.3, 0.4) is 0 Å². The van der Waals surface area contributed by atoms with Crippen molar-refractivity contribution in [3.05, 3.63) is 23.8 Å². The Balaban J connectivity index is 1.63. The molecule has 3 rings (SSSR count). The Kier molecular flexibility index (Phi) is 3.65. The van der Waals surface area contributed by atoms with Crippen molar-refractivity contribution in [2.45, 2.75) is 32.6 Å². The maximum atomic E-state index is 6.02. The van der Waals surface area contributed by atoms with Crippen LogP contribution in [0, 0.1) is 5.41 Å². The third-order valence-corrected chi connectivity index (χ3v) is 4.31. The lowest BCUT2D eigenvalue weighted by molar-refractivity contribution is 0.000317. The highest BCUT2D eigenvalue weighted by Gasteiger charge is 2.28. The van der Waals surface area contributed by atoms with Crippen LogP contribution in [0.4, 0.5) is 5.69 Å². The summed E-state index contributed by atoms with van der Waals surface area (Å²) in [5.74, 6) is 0.987. The van der Waals surface area contributed by atoms with E-state index in [-0.39, 0.29) is 5.41 Å². The molecule has 0 atom stereocenters. The van der Waals surface area contributed by atoms with E-state index in [9.17, 15) is 0 Å². The van der Waals surface area contributed by atoms with Crippen LogP contribution in [0.5, 0.6) is 5.75 Å². The van der Waals surface area contributed by atoms with E-state index in [1.165, 1.54) is 24.1 Å². The number of hydrogen-bond acceptors (Lipinski definition) is 3. The van der Waals surface area contributed by atoms with Crippen LogP contribution in [0.15, 0.2) is 18.2 Å². The van der Waals surface area contributed by atoms with Crippen LogP contribution in [-0.4, -0.2) is 26.4 Å². The molecule has 1 fully saturated rings. The van der Waals surface area contributed by atoms with E-state index in [1.54, 1.807) is 0 Å². The zero-order chi connectivity index (χ0) is 13.1. The third-order valence-electron chi connectivity index (χ3n) is 4.31. The molecule has 0 saturated carbocycles. The Bertz CT molecular complexity index is 438. The number of rotatable bonds is 3. The van der Waals surface area contributed by atoms with Gasteiger partial charge in [0.1, 0.15) is 5.75 Å². The van der Waals surface area contributed by atoms with Crippen LogP contribution in [-0.2, 0) is 11.2 Å². The van der Waals surface area contributed by atoms with Gasteiger partial charge in [0.2, 0.25) is 0 Å². The standard InChI is InChI=1S/C16H23NO2/c1-16(6-9-18-10-7-16)12-19-14-5-4-13-3-2-8-17-15(13)11-14/h4-5,11,17H,2-3,6-10,12H2,1H3. The molecule has 3 nitrogen and oxygen atoms in total. The molecule has 1 aromatic carbocycles. The molecule has 104 valence electrons. The largest absolute Gasteiger partial charge is 0.493 e. The smallest absolute Gasteiger partial charge is 0.121 e. The molecule has 2 heterocycles. The fourth-order valence-electron chi connectivity index (χ4n) is 2.80. The summed E-state index contributed by atoms with van der Waals surface area (Å²) in [6.07, 6.45) is 4.59. The second-order valence-electron chi connectivity index (χ2n) is 6.06. The van der Waals surface area contributed by atoms with Gasteiger partial charge in [0.15, 0.2) is 0 Å². The van der Waals surface area contributed by atoms with Crippen molar-refractivity contribution in [3.8, 4) is 5.75 Å². The van der Waals surface area contributed by atoms with Gasteiger partial charge in [-0.05, 0) is 37.3 Å². The fourth-order valence-corrected chi connectivity index (χ4v) is 2.80. The molecular formula is C16H23NO2. The quantitative estimate of drug-likeness (QED) is 0.906. The lowest BCUT2D eigenvalue weighted by atomic mass is 9.83.